The first-order valence-corrected chi connectivity index (χ1v) is 4.80. The van der Waals surface area contributed by atoms with Gasteiger partial charge < -0.3 is 5.73 Å². The van der Waals surface area contributed by atoms with Crippen molar-refractivity contribution in [3.05, 3.63) is 59.9 Å². The van der Waals surface area contributed by atoms with Crippen LogP contribution in [0.15, 0.2) is 59.9 Å². The maximum absolute atomic E-state index is 5.83. The maximum atomic E-state index is 5.83. The van der Waals surface area contributed by atoms with Crippen molar-refractivity contribution in [3.63, 3.8) is 0 Å². The second kappa shape index (κ2) is 4.66. The van der Waals surface area contributed by atoms with Crippen LogP contribution in [-0.4, -0.2) is 0 Å². The normalized spacial score (nSPS) is 17.1. The van der Waals surface area contributed by atoms with Crippen molar-refractivity contribution in [1.29, 1.82) is 0 Å². The summed E-state index contributed by atoms with van der Waals surface area (Å²) in [4.78, 5) is 0. The van der Waals surface area contributed by atoms with Crippen LogP contribution in [0, 0.1) is 0 Å². The molecule has 1 aliphatic rings. The summed E-state index contributed by atoms with van der Waals surface area (Å²) in [6.45, 7) is 9.71. The fraction of sp³-hybridized carbons (Fsp3) is 0.231. The fourth-order valence-corrected chi connectivity index (χ4v) is 1.51. The van der Waals surface area contributed by atoms with Gasteiger partial charge in [0.15, 0.2) is 0 Å². The largest absolute Gasteiger partial charge is 0.398 e. The van der Waals surface area contributed by atoms with E-state index in [2.05, 4.69) is 32.2 Å². The number of hydrogen-bond donors (Lipinski definition) is 1. The van der Waals surface area contributed by atoms with Gasteiger partial charge in [-0.25, -0.2) is 0 Å². The third kappa shape index (κ3) is 2.49. The predicted octanol–water partition coefficient (Wildman–Crippen LogP) is 3.24. The van der Waals surface area contributed by atoms with E-state index < -0.39 is 0 Å². The van der Waals surface area contributed by atoms with Crippen molar-refractivity contribution in [2.45, 2.75) is 19.8 Å². The third-order valence-corrected chi connectivity index (χ3v) is 2.32. The molecular formula is C13H17N. The van der Waals surface area contributed by atoms with Crippen molar-refractivity contribution >= 4 is 0 Å². The van der Waals surface area contributed by atoms with Gasteiger partial charge in [-0.2, -0.15) is 0 Å². The van der Waals surface area contributed by atoms with Crippen LogP contribution < -0.4 is 5.73 Å². The molecule has 0 aromatic heterocycles. The van der Waals surface area contributed by atoms with Crippen LogP contribution >= 0.6 is 0 Å². The first kappa shape index (κ1) is 10.6. The Balaban J connectivity index is 2.85. The molecule has 1 nitrogen and oxygen atoms in total. The van der Waals surface area contributed by atoms with Crippen LogP contribution in [-0.2, 0) is 0 Å². The average Bonchev–Trinajstić information content (AvgIpc) is 2.17. The monoisotopic (exact) mass is 187 g/mol. The van der Waals surface area contributed by atoms with Gasteiger partial charge in [-0.15, -0.1) is 0 Å². The molecule has 0 spiro atoms. The topological polar surface area (TPSA) is 26.0 Å². The summed E-state index contributed by atoms with van der Waals surface area (Å²) in [5.74, 6) is 0. The fourth-order valence-electron chi connectivity index (χ4n) is 1.51. The van der Waals surface area contributed by atoms with E-state index in [0.717, 1.165) is 18.4 Å². The van der Waals surface area contributed by atoms with Crippen molar-refractivity contribution in [2.24, 2.45) is 5.73 Å². The lowest BCUT2D eigenvalue weighted by molar-refractivity contribution is 0.954. The number of nitrogens with two attached hydrogens (primary N) is 1. The lowest BCUT2D eigenvalue weighted by atomic mass is 9.93. The minimum absolute atomic E-state index is 0.709. The molecule has 0 unspecified atom stereocenters. The zero-order chi connectivity index (χ0) is 10.6. The highest BCUT2D eigenvalue weighted by Crippen LogP contribution is 2.25. The first-order chi connectivity index (χ1) is 6.65. The highest BCUT2D eigenvalue weighted by Gasteiger charge is 2.07. The van der Waals surface area contributed by atoms with Gasteiger partial charge in [0.05, 0.1) is 0 Å². The predicted molar refractivity (Wildman–Crippen MR) is 62.7 cm³/mol. The highest BCUT2D eigenvalue weighted by atomic mass is 14.6. The van der Waals surface area contributed by atoms with Crippen LogP contribution in [0.25, 0.3) is 0 Å². The molecule has 0 radical (unpaired) electrons. The van der Waals surface area contributed by atoms with Crippen LogP contribution in [0.4, 0.5) is 0 Å². The van der Waals surface area contributed by atoms with E-state index in [0.29, 0.717) is 5.70 Å². The van der Waals surface area contributed by atoms with E-state index in [1.165, 1.54) is 11.1 Å². The van der Waals surface area contributed by atoms with Crippen molar-refractivity contribution < 1.29 is 0 Å². The molecule has 2 N–H and O–H groups in total. The maximum Gasteiger partial charge on any atom is 0.0384 e. The van der Waals surface area contributed by atoms with Gasteiger partial charge in [0.2, 0.25) is 0 Å². The van der Waals surface area contributed by atoms with Crippen LogP contribution in [0.1, 0.15) is 19.8 Å². The Labute approximate surface area is 86.0 Å². The summed E-state index contributed by atoms with van der Waals surface area (Å²) in [7, 11) is 0. The van der Waals surface area contributed by atoms with Gasteiger partial charge in [0.25, 0.3) is 0 Å². The van der Waals surface area contributed by atoms with E-state index in [9.17, 15) is 0 Å². The lowest BCUT2D eigenvalue weighted by Gasteiger charge is -2.14. The Bertz CT molecular complexity index is 340. The molecule has 0 bridgehead atoms. The minimum Gasteiger partial charge on any atom is -0.398 e. The van der Waals surface area contributed by atoms with Gasteiger partial charge >= 0.3 is 0 Å². The van der Waals surface area contributed by atoms with E-state index in [1.54, 1.807) is 12.2 Å². The van der Waals surface area contributed by atoms with Gasteiger partial charge in [-0.05, 0) is 37.0 Å². The van der Waals surface area contributed by atoms with Gasteiger partial charge in [0, 0.05) is 5.70 Å². The Morgan fingerprint density at radius 1 is 1.57 bits per heavy atom. The van der Waals surface area contributed by atoms with Gasteiger partial charge in [-0.1, -0.05) is 37.0 Å². The Morgan fingerprint density at radius 3 is 2.86 bits per heavy atom. The average molecular weight is 187 g/mol. The smallest absolute Gasteiger partial charge is 0.0384 e. The first-order valence-electron chi connectivity index (χ1n) is 4.80. The van der Waals surface area contributed by atoms with E-state index in [1.807, 2.05) is 0 Å². The molecule has 0 aromatic carbocycles. The molecule has 74 valence electrons. The van der Waals surface area contributed by atoms with Crippen molar-refractivity contribution in [1.82, 2.24) is 0 Å². The summed E-state index contributed by atoms with van der Waals surface area (Å²) >= 11 is 0. The molecule has 0 fully saturated rings. The summed E-state index contributed by atoms with van der Waals surface area (Å²) in [5, 5.41) is 0. The van der Waals surface area contributed by atoms with Crippen LogP contribution in [0.5, 0.6) is 0 Å². The molecule has 1 rings (SSSR count). The molecule has 14 heavy (non-hydrogen) atoms. The van der Waals surface area contributed by atoms with E-state index in [-0.39, 0.29) is 0 Å². The second-order valence-electron chi connectivity index (χ2n) is 3.49. The van der Waals surface area contributed by atoms with Crippen LogP contribution in [0.2, 0.25) is 0 Å². The molecule has 0 aromatic rings. The molecule has 1 heteroatoms. The third-order valence-electron chi connectivity index (χ3n) is 2.32. The lowest BCUT2D eigenvalue weighted by Crippen LogP contribution is -2.04. The molecule has 0 aliphatic heterocycles. The SMILES string of the molecule is C=C/C=C(/N)C(=C)C1=CC(C)=CCC1. The molecule has 1 aliphatic carbocycles. The second-order valence-corrected chi connectivity index (χ2v) is 3.49. The molecule has 0 atom stereocenters. The summed E-state index contributed by atoms with van der Waals surface area (Å²) < 4.78 is 0. The van der Waals surface area contributed by atoms with Gasteiger partial charge in [-0.3, -0.25) is 0 Å². The number of rotatable bonds is 3. The number of allylic oxidation sites excluding steroid dienone is 6. The standard InChI is InChI=1S/C13H17N/c1-4-6-13(14)11(3)12-8-5-7-10(2)9-12/h4,6-7,9H,1,3,5,8,14H2,2H3/b13-6+. The van der Waals surface area contributed by atoms with Crippen LogP contribution in [0.3, 0.4) is 0 Å². The zero-order valence-corrected chi connectivity index (χ0v) is 8.72. The Morgan fingerprint density at radius 2 is 2.29 bits per heavy atom. The molecule has 0 heterocycles. The quantitative estimate of drug-likeness (QED) is 0.674. The minimum atomic E-state index is 0.709. The van der Waals surface area contributed by atoms with Gasteiger partial charge in [0.1, 0.15) is 0 Å². The molecule has 0 amide bonds. The van der Waals surface area contributed by atoms with Crippen molar-refractivity contribution in [2.75, 3.05) is 0 Å². The Hall–Kier alpha value is -1.50. The summed E-state index contributed by atoms with van der Waals surface area (Å²) in [6, 6.07) is 0. The molecular weight excluding hydrogens is 170 g/mol. The number of hydrogen-bond acceptors (Lipinski definition) is 1. The Kier molecular flexibility index (Phi) is 3.52. The van der Waals surface area contributed by atoms with E-state index in [4.69, 9.17) is 5.73 Å². The molecule has 0 saturated carbocycles. The van der Waals surface area contributed by atoms with Crippen molar-refractivity contribution in [3.8, 4) is 0 Å². The summed E-state index contributed by atoms with van der Waals surface area (Å²) in [5.41, 5.74) is 10.00. The molecule has 0 saturated heterocycles. The highest BCUT2D eigenvalue weighted by molar-refractivity contribution is 5.48. The zero-order valence-electron chi connectivity index (χ0n) is 8.72. The summed E-state index contributed by atoms with van der Waals surface area (Å²) in [6.07, 6.45) is 9.96. The van der Waals surface area contributed by atoms with E-state index >= 15 is 0 Å².